The van der Waals surface area contributed by atoms with E-state index in [2.05, 4.69) is 29.0 Å². The minimum absolute atomic E-state index is 0.232. The molecule has 0 atom stereocenters. The molecule has 3 heterocycles. The summed E-state index contributed by atoms with van der Waals surface area (Å²) >= 11 is 0. The quantitative estimate of drug-likeness (QED) is 0.875. The van der Waals surface area contributed by atoms with E-state index in [9.17, 15) is 9.59 Å². The highest BCUT2D eigenvalue weighted by Crippen LogP contribution is 2.18. The predicted octanol–water partition coefficient (Wildman–Crippen LogP) is 3.01. The third-order valence-electron chi connectivity index (χ3n) is 4.51. The first-order chi connectivity index (χ1) is 13.0. The topological polar surface area (TPSA) is 78.7 Å². The van der Waals surface area contributed by atoms with Gasteiger partial charge >= 0.3 is 0 Å². The van der Waals surface area contributed by atoms with Crippen LogP contribution in [0.1, 0.15) is 37.2 Å². The second-order valence-electron chi connectivity index (χ2n) is 7.16. The number of hydrogen-bond donors (Lipinski definition) is 1. The molecule has 1 N–H and O–H groups in total. The third kappa shape index (κ3) is 5.09. The van der Waals surface area contributed by atoms with Crippen LogP contribution >= 0.6 is 0 Å². The zero-order valence-corrected chi connectivity index (χ0v) is 15.9. The first kappa shape index (κ1) is 18.9. The van der Waals surface area contributed by atoms with Gasteiger partial charge in [-0.15, -0.1) is 0 Å². The first-order valence-electron chi connectivity index (χ1n) is 9.36. The largest absolute Gasteiger partial charge is 0.459 e. The van der Waals surface area contributed by atoms with Crippen molar-refractivity contribution in [3.8, 4) is 0 Å². The normalized spacial score (nSPS) is 14.9. The molecule has 144 valence electrons. The number of rotatable bonds is 5. The molecule has 0 aliphatic carbocycles. The van der Waals surface area contributed by atoms with Crippen LogP contribution in [-0.4, -0.2) is 47.9 Å². The van der Waals surface area contributed by atoms with Crippen molar-refractivity contribution in [2.45, 2.75) is 26.7 Å². The summed E-state index contributed by atoms with van der Waals surface area (Å²) in [4.78, 5) is 32.9. The molecule has 27 heavy (non-hydrogen) atoms. The van der Waals surface area contributed by atoms with Crippen molar-refractivity contribution in [1.82, 2.24) is 9.88 Å². The van der Waals surface area contributed by atoms with E-state index in [1.165, 1.54) is 6.26 Å². The number of hydrogen-bond acceptors (Lipinski definition) is 5. The van der Waals surface area contributed by atoms with E-state index < -0.39 is 0 Å². The molecule has 0 unspecified atom stereocenters. The molecule has 1 fully saturated rings. The van der Waals surface area contributed by atoms with Gasteiger partial charge in [0.15, 0.2) is 5.76 Å². The highest BCUT2D eigenvalue weighted by molar-refractivity contribution is 6.02. The number of nitrogens with zero attached hydrogens (tertiary/aromatic N) is 3. The number of amides is 2. The second-order valence-corrected chi connectivity index (χ2v) is 7.16. The van der Waals surface area contributed by atoms with Crippen LogP contribution in [0.25, 0.3) is 0 Å². The predicted molar refractivity (Wildman–Crippen MR) is 104 cm³/mol. The SMILES string of the molecule is CC(C)CC(=O)N1CCCN(c2ccc(NC(=O)c3ccco3)cn2)CC1. The fourth-order valence-electron chi connectivity index (χ4n) is 3.12. The fourth-order valence-corrected chi connectivity index (χ4v) is 3.12. The van der Waals surface area contributed by atoms with Crippen LogP contribution in [0.15, 0.2) is 41.1 Å². The number of carbonyl (C=O) groups is 2. The summed E-state index contributed by atoms with van der Waals surface area (Å²) in [6, 6.07) is 7.00. The molecule has 0 spiro atoms. The molecular formula is C20H26N4O3. The van der Waals surface area contributed by atoms with Crippen molar-refractivity contribution in [2.75, 3.05) is 36.4 Å². The molecule has 1 aliphatic rings. The van der Waals surface area contributed by atoms with E-state index in [0.717, 1.165) is 31.9 Å². The molecule has 2 aromatic rings. The van der Waals surface area contributed by atoms with Gasteiger partial charge in [-0.25, -0.2) is 4.98 Å². The Morgan fingerprint density at radius 2 is 2.04 bits per heavy atom. The van der Waals surface area contributed by atoms with Gasteiger partial charge in [-0.1, -0.05) is 13.8 Å². The highest BCUT2D eigenvalue weighted by Gasteiger charge is 2.20. The van der Waals surface area contributed by atoms with Crippen molar-refractivity contribution in [3.05, 3.63) is 42.5 Å². The molecule has 7 nitrogen and oxygen atoms in total. The van der Waals surface area contributed by atoms with Gasteiger partial charge in [0.1, 0.15) is 5.82 Å². The van der Waals surface area contributed by atoms with Gasteiger partial charge in [-0.2, -0.15) is 0 Å². The number of aromatic nitrogens is 1. The molecule has 7 heteroatoms. The van der Waals surface area contributed by atoms with Gasteiger partial charge in [-0.05, 0) is 36.6 Å². The summed E-state index contributed by atoms with van der Waals surface area (Å²) < 4.78 is 5.08. The van der Waals surface area contributed by atoms with E-state index in [1.807, 2.05) is 17.0 Å². The molecule has 2 amide bonds. The number of nitrogens with one attached hydrogen (secondary N) is 1. The van der Waals surface area contributed by atoms with Crippen molar-refractivity contribution in [1.29, 1.82) is 0 Å². The van der Waals surface area contributed by atoms with Gasteiger partial charge in [0.05, 0.1) is 18.1 Å². The minimum Gasteiger partial charge on any atom is -0.459 e. The average molecular weight is 370 g/mol. The molecule has 0 bridgehead atoms. The average Bonchev–Trinajstić information content (AvgIpc) is 3.07. The Morgan fingerprint density at radius 3 is 2.70 bits per heavy atom. The Morgan fingerprint density at radius 1 is 1.19 bits per heavy atom. The number of anilines is 2. The smallest absolute Gasteiger partial charge is 0.291 e. The maximum Gasteiger partial charge on any atom is 0.291 e. The standard InChI is InChI=1S/C20H26N4O3/c1-15(2)13-19(25)24-9-4-8-23(10-11-24)18-7-6-16(14-21-18)22-20(26)17-5-3-12-27-17/h3,5-7,12,14-15H,4,8-11,13H2,1-2H3,(H,22,26). The Hall–Kier alpha value is -2.83. The number of carbonyl (C=O) groups excluding carboxylic acids is 2. The molecule has 3 rings (SSSR count). The van der Waals surface area contributed by atoms with Crippen LogP contribution in [0.3, 0.4) is 0 Å². The van der Waals surface area contributed by atoms with Gasteiger partial charge in [-0.3, -0.25) is 9.59 Å². The summed E-state index contributed by atoms with van der Waals surface area (Å²) in [6.07, 6.45) is 4.62. The fraction of sp³-hybridized carbons (Fsp3) is 0.450. The van der Waals surface area contributed by atoms with Crippen molar-refractivity contribution in [2.24, 2.45) is 5.92 Å². The summed E-state index contributed by atoms with van der Waals surface area (Å²) in [5.74, 6) is 1.42. The van der Waals surface area contributed by atoms with Crippen LogP contribution in [0, 0.1) is 5.92 Å². The van der Waals surface area contributed by atoms with Crippen LogP contribution in [0.5, 0.6) is 0 Å². The first-order valence-corrected chi connectivity index (χ1v) is 9.36. The maximum absolute atomic E-state index is 12.3. The highest BCUT2D eigenvalue weighted by atomic mass is 16.3. The van der Waals surface area contributed by atoms with Crippen LogP contribution < -0.4 is 10.2 Å². The van der Waals surface area contributed by atoms with E-state index in [-0.39, 0.29) is 17.6 Å². The summed E-state index contributed by atoms with van der Waals surface area (Å²) in [7, 11) is 0. The van der Waals surface area contributed by atoms with Crippen LogP contribution in [0.2, 0.25) is 0 Å². The van der Waals surface area contributed by atoms with E-state index >= 15 is 0 Å². The van der Waals surface area contributed by atoms with E-state index in [4.69, 9.17) is 4.42 Å². The lowest BCUT2D eigenvalue weighted by atomic mass is 10.1. The van der Waals surface area contributed by atoms with Gasteiger partial charge in [0, 0.05) is 32.6 Å². The Balaban J connectivity index is 1.57. The molecule has 2 aromatic heterocycles. The molecule has 0 radical (unpaired) electrons. The van der Waals surface area contributed by atoms with Crippen molar-refractivity contribution < 1.29 is 14.0 Å². The zero-order chi connectivity index (χ0) is 19.2. The lowest BCUT2D eigenvalue weighted by Crippen LogP contribution is -2.35. The Labute approximate surface area is 159 Å². The van der Waals surface area contributed by atoms with Gasteiger partial charge in [0.25, 0.3) is 5.91 Å². The minimum atomic E-state index is -0.302. The number of pyridine rings is 1. The zero-order valence-electron chi connectivity index (χ0n) is 15.9. The van der Waals surface area contributed by atoms with Crippen molar-refractivity contribution >= 4 is 23.3 Å². The summed E-state index contributed by atoms with van der Waals surface area (Å²) in [5.41, 5.74) is 0.615. The Kier molecular flexibility index (Phi) is 6.11. The monoisotopic (exact) mass is 370 g/mol. The lowest BCUT2D eigenvalue weighted by Gasteiger charge is -2.23. The second kappa shape index (κ2) is 8.70. The lowest BCUT2D eigenvalue weighted by molar-refractivity contribution is -0.131. The number of furan rings is 1. The molecule has 1 saturated heterocycles. The molecule has 0 saturated carbocycles. The maximum atomic E-state index is 12.3. The summed E-state index contributed by atoms with van der Waals surface area (Å²) in [6.45, 7) is 7.26. The van der Waals surface area contributed by atoms with Crippen molar-refractivity contribution in [3.63, 3.8) is 0 Å². The summed E-state index contributed by atoms with van der Waals surface area (Å²) in [5, 5.41) is 2.76. The molecule has 1 aliphatic heterocycles. The Bertz CT molecular complexity index is 756. The van der Waals surface area contributed by atoms with Gasteiger partial charge < -0.3 is 19.5 Å². The molecule has 0 aromatic carbocycles. The van der Waals surface area contributed by atoms with Crippen LogP contribution in [0.4, 0.5) is 11.5 Å². The van der Waals surface area contributed by atoms with E-state index in [0.29, 0.717) is 24.6 Å². The third-order valence-corrected chi connectivity index (χ3v) is 4.51. The van der Waals surface area contributed by atoms with Crippen LogP contribution in [-0.2, 0) is 4.79 Å². The van der Waals surface area contributed by atoms with E-state index in [1.54, 1.807) is 18.3 Å². The molecular weight excluding hydrogens is 344 g/mol. The van der Waals surface area contributed by atoms with Gasteiger partial charge in [0.2, 0.25) is 5.91 Å².